The summed E-state index contributed by atoms with van der Waals surface area (Å²) in [6.45, 7) is 5.15. The maximum Gasteiger partial charge on any atom is 1.00 e. The van der Waals surface area contributed by atoms with Crippen LogP contribution in [0, 0.1) is 0 Å². The molecule has 0 aromatic carbocycles. The van der Waals surface area contributed by atoms with Gasteiger partial charge in [-0.1, -0.05) is 0 Å². The van der Waals surface area contributed by atoms with Crippen molar-refractivity contribution in [1.82, 2.24) is 0 Å². The topological polar surface area (TPSA) is 58.6 Å². The number of carbonyl (C=O) groups is 1. The Labute approximate surface area is 100 Å². The SMILES string of the molecule is COC([O-])=CC(=O)OC(C)(C)C.[Na+]. The van der Waals surface area contributed by atoms with Crippen LogP contribution in [0.2, 0.25) is 0 Å². The van der Waals surface area contributed by atoms with Crippen molar-refractivity contribution in [3.8, 4) is 0 Å². The Balaban J connectivity index is 0. The molecule has 0 rings (SSSR count). The normalized spacial score (nSPS) is 11.5. The third-order valence-corrected chi connectivity index (χ3v) is 0.844. The van der Waals surface area contributed by atoms with Crippen molar-refractivity contribution in [2.45, 2.75) is 26.4 Å². The molecule has 0 aliphatic rings. The van der Waals surface area contributed by atoms with Gasteiger partial charge in [0.15, 0.2) is 0 Å². The molecule has 0 aromatic heterocycles. The standard InChI is InChI=1S/C8H14O4.Na/c1-8(2,3)12-7(10)5-6(9)11-4;/h5,9H,1-4H3;/q;+1/p-1. The summed E-state index contributed by atoms with van der Waals surface area (Å²) in [4.78, 5) is 10.8. The van der Waals surface area contributed by atoms with Gasteiger partial charge in [-0.05, 0) is 27.9 Å². The van der Waals surface area contributed by atoms with Gasteiger partial charge in [-0.15, -0.1) is 0 Å². The summed E-state index contributed by atoms with van der Waals surface area (Å²) >= 11 is 0. The zero-order chi connectivity index (χ0) is 9.78. The Bertz CT molecular complexity index is 193. The number of ether oxygens (including phenoxy) is 2. The average molecular weight is 196 g/mol. The molecule has 0 atom stereocenters. The molecule has 0 unspecified atom stereocenters. The van der Waals surface area contributed by atoms with Crippen LogP contribution in [0.15, 0.2) is 12.0 Å². The van der Waals surface area contributed by atoms with Gasteiger partial charge < -0.3 is 14.6 Å². The van der Waals surface area contributed by atoms with Crippen molar-refractivity contribution < 1.29 is 48.9 Å². The maximum atomic E-state index is 10.8. The van der Waals surface area contributed by atoms with Gasteiger partial charge in [0.25, 0.3) is 0 Å². The fourth-order valence-corrected chi connectivity index (χ4v) is 0.486. The van der Waals surface area contributed by atoms with Crippen LogP contribution in [0.1, 0.15) is 20.8 Å². The molecule has 13 heavy (non-hydrogen) atoms. The van der Waals surface area contributed by atoms with E-state index in [9.17, 15) is 9.90 Å². The second kappa shape index (κ2) is 6.29. The third kappa shape index (κ3) is 9.73. The molecule has 0 bridgehead atoms. The van der Waals surface area contributed by atoms with Crippen LogP contribution in [0.3, 0.4) is 0 Å². The van der Waals surface area contributed by atoms with Crippen molar-refractivity contribution in [2.75, 3.05) is 7.11 Å². The first-order valence-electron chi connectivity index (χ1n) is 3.51. The largest absolute Gasteiger partial charge is 1.00 e. The Morgan fingerprint density at radius 1 is 1.38 bits per heavy atom. The summed E-state index contributed by atoms with van der Waals surface area (Å²) in [5.74, 6) is -1.39. The minimum absolute atomic E-state index is 0. The number of rotatable bonds is 2. The summed E-state index contributed by atoms with van der Waals surface area (Å²) < 4.78 is 9.05. The molecular formula is C8H13NaO4. The van der Waals surface area contributed by atoms with E-state index in [4.69, 9.17) is 4.74 Å². The molecule has 0 saturated carbocycles. The molecular weight excluding hydrogens is 183 g/mol. The minimum atomic E-state index is -0.704. The fraction of sp³-hybridized carbons (Fsp3) is 0.625. The van der Waals surface area contributed by atoms with Crippen molar-refractivity contribution >= 4 is 5.97 Å². The summed E-state index contributed by atoms with van der Waals surface area (Å²) in [6, 6.07) is 0. The first kappa shape index (κ1) is 15.3. The molecule has 0 radical (unpaired) electrons. The van der Waals surface area contributed by atoms with E-state index in [0.717, 1.165) is 6.08 Å². The van der Waals surface area contributed by atoms with Gasteiger partial charge in [-0.25, -0.2) is 4.79 Å². The average Bonchev–Trinajstić information content (AvgIpc) is 1.82. The Hall–Kier alpha value is -0.190. The van der Waals surface area contributed by atoms with Gasteiger partial charge >= 0.3 is 35.5 Å². The van der Waals surface area contributed by atoms with Gasteiger partial charge in [-0.2, -0.15) is 0 Å². The predicted molar refractivity (Wildman–Crippen MR) is 40.9 cm³/mol. The Kier molecular flexibility index (Phi) is 7.40. The quantitative estimate of drug-likeness (QED) is 0.207. The zero-order valence-corrected chi connectivity index (χ0v) is 10.7. The predicted octanol–water partition coefficient (Wildman–Crippen LogP) is -2.82. The summed E-state index contributed by atoms with van der Waals surface area (Å²) in [5.41, 5.74) is -0.582. The van der Waals surface area contributed by atoms with Gasteiger partial charge in [0, 0.05) is 6.08 Å². The molecule has 0 aliphatic heterocycles. The molecule has 70 valence electrons. The first-order chi connectivity index (χ1) is 5.35. The molecule has 4 nitrogen and oxygen atoms in total. The van der Waals surface area contributed by atoms with Gasteiger partial charge in [-0.3, -0.25) is 0 Å². The molecule has 5 heteroatoms. The van der Waals surface area contributed by atoms with Crippen LogP contribution in [-0.2, 0) is 14.3 Å². The molecule has 0 aliphatic carbocycles. The summed E-state index contributed by atoms with van der Waals surface area (Å²) in [7, 11) is 1.20. The summed E-state index contributed by atoms with van der Waals surface area (Å²) in [6.07, 6.45) is 0.769. The van der Waals surface area contributed by atoms with E-state index >= 15 is 0 Å². The van der Waals surface area contributed by atoms with Crippen molar-refractivity contribution in [3.63, 3.8) is 0 Å². The van der Waals surface area contributed by atoms with Crippen molar-refractivity contribution in [3.05, 3.63) is 12.0 Å². The number of hydrogen-bond donors (Lipinski definition) is 0. The van der Waals surface area contributed by atoms with Crippen molar-refractivity contribution in [1.29, 1.82) is 0 Å². The third-order valence-electron chi connectivity index (χ3n) is 0.844. The minimum Gasteiger partial charge on any atom is -0.616 e. The number of hydrogen-bond acceptors (Lipinski definition) is 4. The molecule has 0 aromatic rings. The molecule has 0 saturated heterocycles. The van der Waals surface area contributed by atoms with E-state index in [1.165, 1.54) is 7.11 Å². The smallest absolute Gasteiger partial charge is 0.616 e. The number of methoxy groups -OCH3 is 1. The summed E-state index contributed by atoms with van der Waals surface area (Å²) in [5, 5.41) is 10.5. The molecule has 0 N–H and O–H groups in total. The zero-order valence-electron chi connectivity index (χ0n) is 8.71. The molecule has 0 amide bonds. The van der Waals surface area contributed by atoms with Crippen LogP contribution < -0.4 is 34.7 Å². The van der Waals surface area contributed by atoms with Gasteiger partial charge in [0.05, 0.1) is 5.95 Å². The van der Waals surface area contributed by atoms with Crippen LogP contribution in [-0.4, -0.2) is 18.7 Å². The van der Waals surface area contributed by atoms with Crippen LogP contribution in [0.25, 0.3) is 0 Å². The second-order valence-corrected chi connectivity index (χ2v) is 3.20. The van der Waals surface area contributed by atoms with Crippen LogP contribution in [0.4, 0.5) is 0 Å². The van der Waals surface area contributed by atoms with E-state index in [1.54, 1.807) is 20.8 Å². The number of esters is 1. The van der Waals surface area contributed by atoms with E-state index in [0.29, 0.717) is 0 Å². The fourth-order valence-electron chi connectivity index (χ4n) is 0.486. The van der Waals surface area contributed by atoms with E-state index in [1.807, 2.05) is 0 Å². The van der Waals surface area contributed by atoms with Gasteiger partial charge in [0.2, 0.25) is 0 Å². The monoisotopic (exact) mass is 196 g/mol. The Morgan fingerprint density at radius 3 is 2.15 bits per heavy atom. The molecule has 0 fully saturated rings. The van der Waals surface area contributed by atoms with E-state index in [-0.39, 0.29) is 29.6 Å². The van der Waals surface area contributed by atoms with Crippen LogP contribution >= 0.6 is 0 Å². The molecule has 0 heterocycles. The van der Waals surface area contributed by atoms with E-state index in [2.05, 4.69) is 4.74 Å². The van der Waals surface area contributed by atoms with Gasteiger partial charge in [0.1, 0.15) is 5.60 Å². The van der Waals surface area contributed by atoms with Crippen molar-refractivity contribution in [2.24, 2.45) is 0 Å². The maximum absolute atomic E-state index is 10.8. The molecule has 0 spiro atoms. The number of carbonyl (C=O) groups excluding carboxylic acids is 1. The van der Waals surface area contributed by atoms with Crippen LogP contribution in [0.5, 0.6) is 0 Å². The van der Waals surface area contributed by atoms with E-state index < -0.39 is 17.5 Å². The first-order valence-corrected chi connectivity index (χ1v) is 3.51. The second-order valence-electron chi connectivity index (χ2n) is 3.20. The Morgan fingerprint density at radius 2 is 1.85 bits per heavy atom.